The largest absolute Gasteiger partial charge is 0.504 e. The molecule has 1 atom stereocenters. The van der Waals surface area contributed by atoms with E-state index in [0.29, 0.717) is 12.1 Å². The Bertz CT molecular complexity index is 505. The Balaban J connectivity index is 1.88. The minimum absolute atomic E-state index is 0.176. The summed E-state index contributed by atoms with van der Waals surface area (Å²) in [6.07, 6.45) is 1.30. The first-order valence-corrected chi connectivity index (χ1v) is 8.39. The molecule has 5 nitrogen and oxygen atoms in total. The summed E-state index contributed by atoms with van der Waals surface area (Å²) in [5.74, 6) is -0.383. The maximum absolute atomic E-state index is 10.2. The molecule has 21 heavy (non-hydrogen) atoms. The van der Waals surface area contributed by atoms with Gasteiger partial charge in [0.05, 0.1) is 6.10 Å². The van der Waals surface area contributed by atoms with Crippen LogP contribution in [0.5, 0.6) is 11.5 Å². The highest BCUT2D eigenvalue weighted by molar-refractivity contribution is 8.22. The molecule has 3 N–H and O–H groups in total. The summed E-state index contributed by atoms with van der Waals surface area (Å²) < 4.78 is 0.915. The van der Waals surface area contributed by atoms with Crippen molar-refractivity contribution >= 4 is 28.3 Å². The maximum atomic E-state index is 10.2. The van der Waals surface area contributed by atoms with E-state index in [9.17, 15) is 15.3 Å². The van der Waals surface area contributed by atoms with Crippen molar-refractivity contribution < 1.29 is 15.3 Å². The minimum atomic E-state index is -0.685. The van der Waals surface area contributed by atoms with Crippen LogP contribution < -0.4 is 0 Å². The zero-order valence-electron chi connectivity index (χ0n) is 11.9. The summed E-state index contributed by atoms with van der Waals surface area (Å²) in [6, 6.07) is 4.42. The Labute approximate surface area is 134 Å². The minimum Gasteiger partial charge on any atom is -0.504 e. The molecule has 1 fully saturated rings. The predicted octanol–water partition coefficient (Wildman–Crippen LogP) is 1.40. The second-order valence-electron chi connectivity index (χ2n) is 5.02. The summed E-state index contributed by atoms with van der Waals surface area (Å²) in [6.45, 7) is 3.94. The highest BCUT2D eigenvalue weighted by Gasteiger charge is 2.21. The fraction of sp³-hybridized carbons (Fsp3) is 0.500. The van der Waals surface area contributed by atoms with Gasteiger partial charge in [0.15, 0.2) is 11.5 Å². The standard InChI is InChI=1S/C14H20N2O3S2/c1-21-14(20)16-6-4-15(5-7-16)9-13(19)10-2-3-11(17)12(18)8-10/h2-3,8,13,17-19H,4-7,9H2,1H3. The summed E-state index contributed by atoms with van der Waals surface area (Å²) in [7, 11) is 0. The van der Waals surface area contributed by atoms with Crippen molar-refractivity contribution in [3.05, 3.63) is 23.8 Å². The van der Waals surface area contributed by atoms with Crippen molar-refractivity contribution in [2.75, 3.05) is 39.0 Å². The van der Waals surface area contributed by atoms with Crippen LogP contribution in [0.1, 0.15) is 11.7 Å². The Morgan fingerprint density at radius 3 is 2.48 bits per heavy atom. The molecule has 1 aliphatic heterocycles. The SMILES string of the molecule is CSC(=S)N1CCN(CC(O)c2ccc(O)c(O)c2)CC1. The first kappa shape index (κ1) is 16.4. The molecule has 0 bridgehead atoms. The zero-order valence-corrected chi connectivity index (χ0v) is 13.5. The quantitative estimate of drug-likeness (QED) is 0.572. The topological polar surface area (TPSA) is 67.2 Å². The molecule has 1 saturated heterocycles. The van der Waals surface area contributed by atoms with Crippen molar-refractivity contribution in [3.8, 4) is 11.5 Å². The molecule has 0 amide bonds. The van der Waals surface area contributed by atoms with Crippen molar-refractivity contribution in [2.45, 2.75) is 6.10 Å². The molecule has 0 spiro atoms. The third-order valence-corrected chi connectivity index (χ3v) is 4.99. The number of hydrogen-bond donors (Lipinski definition) is 3. The number of rotatable bonds is 3. The first-order valence-electron chi connectivity index (χ1n) is 6.76. The van der Waals surface area contributed by atoms with Gasteiger partial charge in [-0.3, -0.25) is 4.90 Å². The number of benzene rings is 1. The van der Waals surface area contributed by atoms with Crippen LogP contribution in [-0.4, -0.2) is 68.4 Å². The molecule has 0 radical (unpaired) electrons. The number of thiocarbonyl (C=S) groups is 1. The van der Waals surface area contributed by atoms with Crippen LogP contribution in [-0.2, 0) is 0 Å². The van der Waals surface area contributed by atoms with Crippen molar-refractivity contribution in [2.24, 2.45) is 0 Å². The molecule has 0 saturated carbocycles. The number of aromatic hydroxyl groups is 2. The fourth-order valence-corrected chi connectivity index (χ4v) is 2.96. The van der Waals surface area contributed by atoms with Gasteiger partial charge in [0.25, 0.3) is 0 Å². The number of β-amino-alcohol motifs (C(OH)–C–C–N with tert-alkyl or cyclic N) is 1. The molecule has 0 aromatic heterocycles. The number of aliphatic hydroxyl groups excluding tert-OH is 1. The summed E-state index contributed by atoms with van der Waals surface area (Å²) in [5, 5.41) is 29.0. The van der Waals surface area contributed by atoms with Crippen LogP contribution in [0.4, 0.5) is 0 Å². The van der Waals surface area contributed by atoms with E-state index in [1.54, 1.807) is 17.8 Å². The Hall–Kier alpha value is -1.02. The zero-order chi connectivity index (χ0) is 15.4. The van der Waals surface area contributed by atoms with Gasteiger partial charge in [-0.15, -0.1) is 11.8 Å². The lowest BCUT2D eigenvalue weighted by atomic mass is 10.1. The van der Waals surface area contributed by atoms with Crippen molar-refractivity contribution in [1.82, 2.24) is 9.80 Å². The Morgan fingerprint density at radius 1 is 1.24 bits per heavy atom. The van der Waals surface area contributed by atoms with Gasteiger partial charge in [-0.05, 0) is 24.0 Å². The second kappa shape index (κ2) is 7.31. The highest BCUT2D eigenvalue weighted by Crippen LogP contribution is 2.28. The van der Waals surface area contributed by atoms with E-state index < -0.39 is 6.10 Å². The normalized spacial score (nSPS) is 17.7. The van der Waals surface area contributed by atoms with Gasteiger partial charge in [0.1, 0.15) is 4.32 Å². The van der Waals surface area contributed by atoms with Crippen LogP contribution in [0.3, 0.4) is 0 Å². The van der Waals surface area contributed by atoms with Gasteiger partial charge < -0.3 is 20.2 Å². The van der Waals surface area contributed by atoms with Gasteiger partial charge in [-0.1, -0.05) is 18.3 Å². The summed E-state index contributed by atoms with van der Waals surface area (Å²) in [4.78, 5) is 4.35. The van der Waals surface area contributed by atoms with Crippen LogP contribution >= 0.6 is 24.0 Å². The van der Waals surface area contributed by atoms with E-state index in [4.69, 9.17) is 12.2 Å². The molecule has 7 heteroatoms. The monoisotopic (exact) mass is 328 g/mol. The van der Waals surface area contributed by atoms with E-state index in [-0.39, 0.29) is 11.5 Å². The molecule has 0 aliphatic carbocycles. The molecule has 1 aliphatic rings. The third kappa shape index (κ3) is 4.23. The van der Waals surface area contributed by atoms with Gasteiger partial charge in [0.2, 0.25) is 0 Å². The van der Waals surface area contributed by atoms with E-state index in [1.165, 1.54) is 12.1 Å². The van der Waals surface area contributed by atoms with Gasteiger partial charge in [0, 0.05) is 32.7 Å². The smallest absolute Gasteiger partial charge is 0.157 e. The molecule has 1 unspecified atom stereocenters. The van der Waals surface area contributed by atoms with E-state index >= 15 is 0 Å². The summed E-state index contributed by atoms with van der Waals surface area (Å²) in [5.41, 5.74) is 0.604. The number of aliphatic hydroxyl groups is 1. The second-order valence-corrected chi connectivity index (χ2v) is 6.46. The number of phenols is 2. The average molecular weight is 328 g/mol. The van der Waals surface area contributed by atoms with Crippen LogP contribution in [0.15, 0.2) is 18.2 Å². The molecular formula is C14H20N2O3S2. The fourth-order valence-electron chi connectivity index (χ4n) is 2.34. The van der Waals surface area contributed by atoms with Gasteiger partial charge in [-0.25, -0.2) is 0 Å². The van der Waals surface area contributed by atoms with Crippen LogP contribution in [0.2, 0.25) is 0 Å². The van der Waals surface area contributed by atoms with Crippen molar-refractivity contribution in [1.29, 1.82) is 0 Å². The maximum Gasteiger partial charge on any atom is 0.157 e. The average Bonchev–Trinajstić information content (AvgIpc) is 2.50. The lowest BCUT2D eigenvalue weighted by molar-refractivity contribution is 0.0906. The van der Waals surface area contributed by atoms with E-state index in [1.807, 2.05) is 6.26 Å². The third-order valence-electron chi connectivity index (χ3n) is 3.62. The van der Waals surface area contributed by atoms with Gasteiger partial charge in [-0.2, -0.15) is 0 Å². The number of piperazine rings is 1. The lowest BCUT2D eigenvalue weighted by Gasteiger charge is -2.36. The highest BCUT2D eigenvalue weighted by atomic mass is 32.2. The van der Waals surface area contributed by atoms with E-state index in [0.717, 1.165) is 30.5 Å². The lowest BCUT2D eigenvalue weighted by Crippen LogP contribution is -2.48. The number of phenolic OH excluding ortho intramolecular Hbond substituents is 2. The molecule has 1 heterocycles. The molecule has 1 aromatic rings. The van der Waals surface area contributed by atoms with Crippen LogP contribution in [0.25, 0.3) is 0 Å². The number of nitrogens with zero attached hydrogens (tertiary/aromatic N) is 2. The Kier molecular flexibility index (Phi) is 5.69. The Morgan fingerprint density at radius 2 is 1.90 bits per heavy atom. The van der Waals surface area contributed by atoms with Crippen molar-refractivity contribution in [3.63, 3.8) is 0 Å². The molecule has 116 valence electrons. The van der Waals surface area contributed by atoms with Gasteiger partial charge >= 0.3 is 0 Å². The first-order chi connectivity index (χ1) is 10.0. The number of hydrogen-bond acceptors (Lipinski definition) is 6. The molecular weight excluding hydrogens is 308 g/mol. The molecule has 2 rings (SSSR count). The number of thioether (sulfide) groups is 1. The van der Waals surface area contributed by atoms with Crippen LogP contribution in [0, 0.1) is 0 Å². The predicted molar refractivity (Wildman–Crippen MR) is 88.9 cm³/mol. The summed E-state index contributed by atoms with van der Waals surface area (Å²) >= 11 is 6.86. The molecule has 1 aromatic carbocycles. The van der Waals surface area contributed by atoms with E-state index in [2.05, 4.69) is 9.80 Å².